The molecule has 0 bridgehead atoms. The van der Waals surface area contributed by atoms with E-state index in [9.17, 15) is 0 Å². The number of fused-ring (bicyclic) bond motifs is 1. The van der Waals surface area contributed by atoms with Gasteiger partial charge in [0.1, 0.15) is 5.52 Å². The van der Waals surface area contributed by atoms with Crippen molar-refractivity contribution in [3.63, 3.8) is 0 Å². The molecule has 0 aliphatic rings. The summed E-state index contributed by atoms with van der Waals surface area (Å²) in [6, 6.07) is 6.29. The van der Waals surface area contributed by atoms with Crippen LogP contribution in [0.3, 0.4) is 0 Å². The summed E-state index contributed by atoms with van der Waals surface area (Å²) in [7, 11) is 0. The first-order valence-electron chi connectivity index (χ1n) is 6.79. The molecule has 104 valence electrons. The second-order valence-electron chi connectivity index (χ2n) is 5.08. The minimum atomic E-state index is 0.719. The molecule has 3 aromatic rings. The summed E-state index contributed by atoms with van der Waals surface area (Å²) in [4.78, 5) is 3.29. The number of rotatable bonds is 2. The van der Waals surface area contributed by atoms with Crippen LogP contribution in [0.25, 0.3) is 16.9 Å². The molecule has 1 N–H and O–H groups in total. The fourth-order valence-electron chi connectivity index (χ4n) is 2.62. The smallest absolute Gasteiger partial charge is 0.184 e. The third-order valence-electron chi connectivity index (χ3n) is 3.86. The zero-order chi connectivity index (χ0) is 14.4. The Balaban J connectivity index is 2.44. The van der Waals surface area contributed by atoms with Crippen LogP contribution < -0.4 is 0 Å². The van der Waals surface area contributed by atoms with Crippen LogP contribution in [0.1, 0.15) is 23.7 Å². The van der Waals surface area contributed by atoms with Crippen molar-refractivity contribution in [3.8, 4) is 5.69 Å². The molecule has 0 atom stereocenters. The molecule has 0 saturated heterocycles. The quantitative estimate of drug-likeness (QED) is 0.727. The molecule has 0 radical (unpaired) electrons. The van der Waals surface area contributed by atoms with Gasteiger partial charge < -0.3 is 4.98 Å². The summed E-state index contributed by atoms with van der Waals surface area (Å²) in [5.74, 6) is 0. The minimum absolute atomic E-state index is 0.719. The number of hydrogen-bond acceptors (Lipinski definition) is 2. The van der Waals surface area contributed by atoms with Gasteiger partial charge in [-0.15, -0.1) is 0 Å². The van der Waals surface area contributed by atoms with Gasteiger partial charge in [-0.1, -0.05) is 12.1 Å². The largest absolute Gasteiger partial charge is 0.327 e. The first kappa shape index (κ1) is 13.1. The van der Waals surface area contributed by atoms with E-state index in [1.807, 2.05) is 11.6 Å². The zero-order valence-corrected chi connectivity index (χ0v) is 13.0. The van der Waals surface area contributed by atoms with Crippen LogP contribution in [0, 0.1) is 25.5 Å². The molecule has 20 heavy (non-hydrogen) atoms. The highest BCUT2D eigenvalue weighted by Crippen LogP contribution is 2.25. The summed E-state index contributed by atoms with van der Waals surface area (Å²) in [5, 5.41) is 4.57. The van der Waals surface area contributed by atoms with Crippen molar-refractivity contribution in [1.82, 2.24) is 19.3 Å². The first-order chi connectivity index (χ1) is 9.54. The first-order valence-corrected chi connectivity index (χ1v) is 7.20. The number of aryl methyl sites for hydroxylation is 3. The van der Waals surface area contributed by atoms with Gasteiger partial charge >= 0.3 is 0 Å². The van der Waals surface area contributed by atoms with Crippen LogP contribution in [0.4, 0.5) is 0 Å². The van der Waals surface area contributed by atoms with Gasteiger partial charge in [0.2, 0.25) is 0 Å². The fourth-order valence-corrected chi connectivity index (χ4v) is 2.91. The van der Waals surface area contributed by atoms with E-state index in [0.717, 1.165) is 33.9 Å². The Morgan fingerprint density at radius 1 is 1.25 bits per heavy atom. The number of nitrogens with one attached hydrogen (secondary N) is 1. The zero-order valence-electron chi connectivity index (χ0n) is 12.2. The Kier molecular flexibility index (Phi) is 3.01. The van der Waals surface area contributed by atoms with Gasteiger partial charge in [-0.05, 0) is 57.1 Å². The Morgan fingerprint density at radius 3 is 2.70 bits per heavy atom. The van der Waals surface area contributed by atoms with E-state index in [1.165, 1.54) is 11.1 Å². The second-order valence-corrected chi connectivity index (χ2v) is 5.47. The predicted octanol–water partition coefficient (Wildman–Crippen LogP) is 3.83. The lowest BCUT2D eigenvalue weighted by molar-refractivity contribution is 0.661. The van der Waals surface area contributed by atoms with Gasteiger partial charge in [-0.25, -0.2) is 4.68 Å². The molecule has 0 aliphatic carbocycles. The molecule has 0 saturated carbocycles. The number of nitrogens with zero attached hydrogens (tertiary/aromatic N) is 3. The standard InChI is InChI=1S/C15H18N4S/c1-5-18-14-13(11(4)17-18)16-15(20)19(14)12-8-6-7-9(2)10(12)3/h6-8H,5H2,1-4H3,(H,16,20). The van der Waals surface area contributed by atoms with Crippen molar-refractivity contribution in [2.45, 2.75) is 34.2 Å². The third kappa shape index (κ3) is 1.73. The van der Waals surface area contributed by atoms with Gasteiger partial charge in [0.15, 0.2) is 10.4 Å². The van der Waals surface area contributed by atoms with Crippen molar-refractivity contribution in [2.75, 3.05) is 0 Å². The fraction of sp³-hybridized carbons (Fsp3) is 0.333. The molecule has 2 aromatic heterocycles. The molecule has 0 unspecified atom stereocenters. The van der Waals surface area contributed by atoms with Gasteiger partial charge in [0, 0.05) is 6.54 Å². The highest BCUT2D eigenvalue weighted by molar-refractivity contribution is 7.71. The maximum atomic E-state index is 5.53. The molecule has 2 heterocycles. The van der Waals surface area contributed by atoms with E-state index in [2.05, 4.69) is 53.6 Å². The summed E-state index contributed by atoms with van der Waals surface area (Å²) in [5.41, 5.74) is 6.68. The molecule has 4 nitrogen and oxygen atoms in total. The average molecular weight is 286 g/mol. The van der Waals surface area contributed by atoms with Crippen molar-refractivity contribution < 1.29 is 0 Å². The third-order valence-corrected chi connectivity index (χ3v) is 4.15. The van der Waals surface area contributed by atoms with Crippen molar-refractivity contribution in [1.29, 1.82) is 0 Å². The molecule has 0 amide bonds. The Morgan fingerprint density at radius 2 is 2.00 bits per heavy atom. The summed E-state index contributed by atoms with van der Waals surface area (Å²) < 4.78 is 4.81. The van der Waals surface area contributed by atoms with Crippen LogP contribution in [0.2, 0.25) is 0 Å². The molecule has 1 aromatic carbocycles. The van der Waals surface area contributed by atoms with E-state index in [-0.39, 0.29) is 0 Å². The molecular weight excluding hydrogens is 268 g/mol. The van der Waals surface area contributed by atoms with Crippen LogP contribution >= 0.6 is 12.2 Å². The minimum Gasteiger partial charge on any atom is -0.327 e. The van der Waals surface area contributed by atoms with Gasteiger partial charge in [0.05, 0.1) is 11.4 Å². The summed E-state index contributed by atoms with van der Waals surface area (Å²) in [6.45, 7) is 9.17. The van der Waals surface area contributed by atoms with Gasteiger partial charge in [-0.2, -0.15) is 5.10 Å². The number of aromatic nitrogens is 4. The highest BCUT2D eigenvalue weighted by Gasteiger charge is 2.16. The molecule has 0 fully saturated rings. The highest BCUT2D eigenvalue weighted by atomic mass is 32.1. The molecule has 0 spiro atoms. The molecule has 5 heteroatoms. The lowest BCUT2D eigenvalue weighted by atomic mass is 10.1. The van der Waals surface area contributed by atoms with E-state index >= 15 is 0 Å². The SMILES string of the molecule is CCn1nc(C)c2[nH]c(=S)n(-c3cccc(C)c3C)c21. The monoisotopic (exact) mass is 286 g/mol. The molecule has 3 rings (SSSR count). The number of imidazole rings is 1. The Labute approximate surface area is 123 Å². The lowest BCUT2D eigenvalue weighted by Gasteiger charge is -2.11. The Hall–Kier alpha value is -1.88. The maximum absolute atomic E-state index is 5.53. The van der Waals surface area contributed by atoms with E-state index in [0.29, 0.717) is 0 Å². The van der Waals surface area contributed by atoms with Gasteiger partial charge in [0.25, 0.3) is 0 Å². The van der Waals surface area contributed by atoms with Crippen LogP contribution in [0.5, 0.6) is 0 Å². The predicted molar refractivity (Wildman–Crippen MR) is 84.1 cm³/mol. The summed E-state index contributed by atoms with van der Waals surface area (Å²) >= 11 is 5.53. The number of H-pyrrole nitrogens is 1. The topological polar surface area (TPSA) is 38.5 Å². The number of benzene rings is 1. The van der Waals surface area contributed by atoms with E-state index in [4.69, 9.17) is 12.2 Å². The normalized spacial score (nSPS) is 11.4. The van der Waals surface area contributed by atoms with E-state index in [1.54, 1.807) is 0 Å². The van der Waals surface area contributed by atoms with E-state index < -0.39 is 0 Å². The van der Waals surface area contributed by atoms with Crippen LogP contribution in [0.15, 0.2) is 18.2 Å². The number of hydrogen-bond donors (Lipinski definition) is 1. The Bertz CT molecular complexity index is 851. The number of aromatic amines is 1. The van der Waals surface area contributed by atoms with Crippen LogP contribution in [-0.2, 0) is 6.54 Å². The lowest BCUT2D eigenvalue weighted by Crippen LogP contribution is -2.05. The van der Waals surface area contributed by atoms with Gasteiger partial charge in [-0.3, -0.25) is 4.57 Å². The average Bonchev–Trinajstić information content (AvgIpc) is 2.90. The summed E-state index contributed by atoms with van der Waals surface area (Å²) in [6.07, 6.45) is 0. The van der Waals surface area contributed by atoms with Crippen LogP contribution in [-0.4, -0.2) is 19.3 Å². The second kappa shape index (κ2) is 4.59. The van der Waals surface area contributed by atoms with Crippen molar-refractivity contribution >= 4 is 23.4 Å². The van der Waals surface area contributed by atoms with Crippen molar-refractivity contribution in [3.05, 3.63) is 39.8 Å². The maximum Gasteiger partial charge on any atom is 0.184 e. The molecular formula is C15H18N4S. The van der Waals surface area contributed by atoms with Crippen molar-refractivity contribution in [2.24, 2.45) is 0 Å². The molecule has 0 aliphatic heterocycles.